The number of nitrogens with one attached hydrogen (secondary N) is 1. The Labute approximate surface area is 101 Å². The van der Waals surface area contributed by atoms with Gasteiger partial charge in [0.05, 0.1) is 11.1 Å². The fourth-order valence-electron chi connectivity index (χ4n) is 1.08. The zero-order chi connectivity index (χ0) is 13.8. The lowest BCUT2D eigenvalue weighted by Crippen LogP contribution is -2.25. The maximum Gasteiger partial charge on any atom is 0.416 e. The number of benzene rings is 1. The van der Waals surface area contributed by atoms with E-state index in [9.17, 15) is 22.8 Å². The quantitative estimate of drug-likeness (QED) is 0.841. The first-order valence-electron chi connectivity index (χ1n) is 4.89. The maximum atomic E-state index is 12.3. The Balaban J connectivity index is 2.68. The molecule has 1 aromatic rings. The minimum Gasteiger partial charge on any atom is -0.452 e. The molecule has 0 bridgehead atoms. The SMILES string of the molecule is CNC(=O)COC(=O)c1ccc(C(F)(F)F)cc1. The Bertz CT molecular complexity index is 440. The maximum absolute atomic E-state index is 12.3. The molecule has 0 saturated carbocycles. The second-order valence-electron chi connectivity index (χ2n) is 3.32. The highest BCUT2D eigenvalue weighted by Crippen LogP contribution is 2.29. The van der Waals surface area contributed by atoms with Crippen molar-refractivity contribution in [3.05, 3.63) is 35.4 Å². The average Bonchev–Trinajstić information content (AvgIpc) is 2.34. The molecule has 0 heterocycles. The molecule has 0 fully saturated rings. The van der Waals surface area contributed by atoms with Gasteiger partial charge in [-0.05, 0) is 24.3 Å². The van der Waals surface area contributed by atoms with E-state index in [1.807, 2.05) is 0 Å². The van der Waals surface area contributed by atoms with Gasteiger partial charge in [-0.2, -0.15) is 13.2 Å². The lowest BCUT2D eigenvalue weighted by Gasteiger charge is -2.07. The van der Waals surface area contributed by atoms with Crippen molar-refractivity contribution >= 4 is 11.9 Å². The largest absolute Gasteiger partial charge is 0.452 e. The first-order valence-corrected chi connectivity index (χ1v) is 4.89. The van der Waals surface area contributed by atoms with Crippen LogP contribution in [-0.2, 0) is 15.7 Å². The Kier molecular flexibility index (Phi) is 4.30. The van der Waals surface area contributed by atoms with Gasteiger partial charge in [0, 0.05) is 7.05 Å². The molecule has 98 valence electrons. The fraction of sp³-hybridized carbons (Fsp3) is 0.273. The van der Waals surface area contributed by atoms with Crippen LogP contribution in [0.1, 0.15) is 15.9 Å². The highest BCUT2D eigenvalue weighted by molar-refractivity contribution is 5.91. The third-order valence-corrected chi connectivity index (χ3v) is 2.06. The molecule has 1 rings (SSSR count). The molecule has 7 heteroatoms. The average molecular weight is 261 g/mol. The lowest BCUT2D eigenvalue weighted by atomic mass is 10.1. The summed E-state index contributed by atoms with van der Waals surface area (Å²) in [7, 11) is 1.37. The zero-order valence-corrected chi connectivity index (χ0v) is 9.38. The Morgan fingerprint density at radius 2 is 1.78 bits per heavy atom. The number of halogens is 3. The fourth-order valence-corrected chi connectivity index (χ4v) is 1.08. The van der Waals surface area contributed by atoms with E-state index in [0.717, 1.165) is 24.3 Å². The molecule has 0 aromatic heterocycles. The Hall–Kier alpha value is -2.05. The highest BCUT2D eigenvalue weighted by Gasteiger charge is 2.30. The van der Waals surface area contributed by atoms with Gasteiger partial charge in [-0.1, -0.05) is 0 Å². The van der Waals surface area contributed by atoms with Crippen LogP contribution in [0.2, 0.25) is 0 Å². The molecule has 1 N–H and O–H groups in total. The molecule has 1 aromatic carbocycles. The number of alkyl halides is 3. The van der Waals surface area contributed by atoms with Gasteiger partial charge in [0.2, 0.25) is 0 Å². The summed E-state index contributed by atoms with van der Waals surface area (Å²) in [6.45, 7) is -0.476. The molecule has 0 aliphatic heterocycles. The smallest absolute Gasteiger partial charge is 0.416 e. The van der Waals surface area contributed by atoms with Crippen molar-refractivity contribution in [3.63, 3.8) is 0 Å². The summed E-state index contributed by atoms with van der Waals surface area (Å²) in [5.41, 5.74) is -0.905. The highest BCUT2D eigenvalue weighted by atomic mass is 19.4. The van der Waals surface area contributed by atoms with Gasteiger partial charge in [0.1, 0.15) is 0 Å². The summed E-state index contributed by atoms with van der Waals surface area (Å²) in [4.78, 5) is 22.1. The number of ether oxygens (including phenoxy) is 1. The summed E-state index contributed by atoms with van der Waals surface area (Å²) in [5, 5.41) is 2.24. The monoisotopic (exact) mass is 261 g/mol. The standard InChI is InChI=1S/C11H10F3NO3/c1-15-9(16)6-18-10(17)7-2-4-8(5-3-7)11(12,13)14/h2-5H,6H2,1H3,(H,15,16). The number of likely N-dealkylation sites (N-methyl/N-ethyl adjacent to an activating group) is 1. The van der Waals surface area contributed by atoms with E-state index in [4.69, 9.17) is 0 Å². The van der Waals surface area contributed by atoms with Crippen LogP contribution in [0, 0.1) is 0 Å². The van der Waals surface area contributed by atoms with E-state index in [2.05, 4.69) is 10.1 Å². The first kappa shape index (κ1) is 14.0. The van der Waals surface area contributed by atoms with Gasteiger partial charge in [-0.3, -0.25) is 4.79 Å². The summed E-state index contributed by atoms with van der Waals surface area (Å²) in [6, 6.07) is 3.54. The summed E-state index contributed by atoms with van der Waals surface area (Å²) < 4.78 is 41.3. The van der Waals surface area contributed by atoms with Crippen LogP contribution < -0.4 is 5.32 Å². The summed E-state index contributed by atoms with van der Waals surface area (Å²) >= 11 is 0. The van der Waals surface area contributed by atoms with Crippen LogP contribution >= 0.6 is 0 Å². The topological polar surface area (TPSA) is 55.4 Å². The van der Waals surface area contributed by atoms with Crippen molar-refractivity contribution in [2.24, 2.45) is 0 Å². The third-order valence-electron chi connectivity index (χ3n) is 2.06. The van der Waals surface area contributed by atoms with Crippen LogP contribution in [0.5, 0.6) is 0 Å². The van der Waals surface area contributed by atoms with Gasteiger partial charge >= 0.3 is 12.1 Å². The third kappa shape index (κ3) is 3.76. The normalized spacial score (nSPS) is 10.9. The molecular formula is C11H10F3NO3. The van der Waals surface area contributed by atoms with E-state index in [-0.39, 0.29) is 5.56 Å². The Morgan fingerprint density at radius 1 is 1.22 bits per heavy atom. The van der Waals surface area contributed by atoms with Gasteiger partial charge in [0.25, 0.3) is 5.91 Å². The number of amides is 1. The van der Waals surface area contributed by atoms with Crippen LogP contribution in [0.4, 0.5) is 13.2 Å². The van der Waals surface area contributed by atoms with Crippen molar-refractivity contribution < 1.29 is 27.5 Å². The molecular weight excluding hydrogens is 251 g/mol. The molecule has 0 saturated heterocycles. The van der Waals surface area contributed by atoms with Crippen LogP contribution in [0.15, 0.2) is 24.3 Å². The number of hydrogen-bond acceptors (Lipinski definition) is 3. The van der Waals surface area contributed by atoms with Crippen LogP contribution in [0.3, 0.4) is 0 Å². The zero-order valence-electron chi connectivity index (χ0n) is 9.38. The van der Waals surface area contributed by atoms with Crippen molar-refractivity contribution in [2.45, 2.75) is 6.18 Å². The summed E-state index contributed by atoms with van der Waals surface area (Å²) in [5.74, 6) is -1.36. The predicted molar refractivity (Wildman–Crippen MR) is 55.8 cm³/mol. The van der Waals surface area contributed by atoms with Gasteiger partial charge in [0.15, 0.2) is 6.61 Å². The molecule has 0 aliphatic carbocycles. The predicted octanol–water partition coefficient (Wildman–Crippen LogP) is 1.61. The van der Waals surface area contributed by atoms with E-state index < -0.39 is 30.2 Å². The molecule has 18 heavy (non-hydrogen) atoms. The van der Waals surface area contributed by atoms with Crippen molar-refractivity contribution in [1.29, 1.82) is 0 Å². The van der Waals surface area contributed by atoms with Crippen molar-refractivity contribution in [2.75, 3.05) is 13.7 Å². The molecule has 4 nitrogen and oxygen atoms in total. The van der Waals surface area contributed by atoms with Crippen LogP contribution in [-0.4, -0.2) is 25.5 Å². The van der Waals surface area contributed by atoms with E-state index in [1.165, 1.54) is 7.05 Å². The number of carbonyl (C=O) groups excluding carboxylic acids is 2. The molecule has 0 atom stereocenters. The summed E-state index contributed by atoms with van der Waals surface area (Å²) in [6.07, 6.45) is -4.45. The molecule has 0 radical (unpaired) electrons. The number of esters is 1. The van der Waals surface area contributed by atoms with E-state index in [0.29, 0.717) is 0 Å². The van der Waals surface area contributed by atoms with Crippen molar-refractivity contribution in [3.8, 4) is 0 Å². The molecule has 0 unspecified atom stereocenters. The Morgan fingerprint density at radius 3 is 2.22 bits per heavy atom. The molecule has 0 spiro atoms. The number of rotatable bonds is 3. The second-order valence-corrected chi connectivity index (χ2v) is 3.32. The minimum absolute atomic E-state index is 0.0492. The number of carbonyl (C=O) groups is 2. The molecule has 0 aliphatic rings. The lowest BCUT2D eigenvalue weighted by molar-refractivity contribution is -0.137. The first-order chi connectivity index (χ1) is 8.34. The minimum atomic E-state index is -4.45. The second kappa shape index (κ2) is 5.52. The van der Waals surface area contributed by atoms with E-state index >= 15 is 0 Å². The van der Waals surface area contributed by atoms with Gasteiger partial charge in [-0.25, -0.2) is 4.79 Å². The van der Waals surface area contributed by atoms with Gasteiger partial charge in [-0.15, -0.1) is 0 Å². The van der Waals surface area contributed by atoms with Crippen molar-refractivity contribution in [1.82, 2.24) is 5.32 Å². The van der Waals surface area contributed by atoms with Gasteiger partial charge < -0.3 is 10.1 Å². The number of hydrogen-bond donors (Lipinski definition) is 1. The van der Waals surface area contributed by atoms with Crippen LogP contribution in [0.25, 0.3) is 0 Å². The van der Waals surface area contributed by atoms with E-state index in [1.54, 1.807) is 0 Å². The molecule has 1 amide bonds.